The van der Waals surface area contributed by atoms with Crippen molar-refractivity contribution >= 4 is 10.0 Å². The Kier molecular flexibility index (Phi) is 3.56. The number of nitrogens with zero attached hydrogens (tertiary/aromatic N) is 1. The van der Waals surface area contributed by atoms with E-state index in [0.29, 0.717) is 4.90 Å². The molecule has 1 aliphatic carbocycles. The monoisotopic (exact) mass is 327 g/mol. The second kappa shape index (κ2) is 5.60. The van der Waals surface area contributed by atoms with Gasteiger partial charge in [-0.05, 0) is 24.1 Å². The molecule has 0 N–H and O–H groups in total. The Labute approximate surface area is 136 Å². The van der Waals surface area contributed by atoms with Crippen molar-refractivity contribution in [2.45, 2.75) is 29.7 Å². The predicted octanol–water partition coefficient (Wildman–Crippen LogP) is 3.10. The lowest BCUT2D eigenvalue weighted by Crippen LogP contribution is -2.38. The molecule has 2 aromatic carbocycles. The number of sulfonamides is 1. The van der Waals surface area contributed by atoms with Crippen LogP contribution in [0.25, 0.3) is 0 Å². The lowest BCUT2D eigenvalue weighted by Gasteiger charge is -2.26. The lowest BCUT2D eigenvalue weighted by molar-refractivity contribution is 0.0227. The molecular weight excluding hydrogens is 310 g/mol. The maximum atomic E-state index is 13.2. The van der Waals surface area contributed by atoms with Gasteiger partial charge in [-0.2, -0.15) is 4.31 Å². The molecule has 4 nitrogen and oxygen atoms in total. The maximum Gasteiger partial charge on any atom is 0.246 e. The first-order valence-electron chi connectivity index (χ1n) is 7.63. The quantitative estimate of drug-likeness (QED) is 0.814. The van der Waals surface area contributed by atoms with Gasteiger partial charge in [-0.1, -0.05) is 60.7 Å². The Morgan fingerprint density at radius 1 is 0.957 bits per heavy atom. The SMILES string of the molecule is O=S(=O)(c1ccccc1)N1C(c2ccccc2)O[C@H]2CC=C[C@H]21. The van der Waals surface area contributed by atoms with Crippen molar-refractivity contribution in [3.8, 4) is 0 Å². The van der Waals surface area contributed by atoms with Gasteiger partial charge in [0.25, 0.3) is 0 Å². The molecule has 4 rings (SSSR count). The molecule has 0 amide bonds. The number of rotatable bonds is 3. The second-order valence-corrected chi connectivity index (χ2v) is 7.58. The summed E-state index contributed by atoms with van der Waals surface area (Å²) in [5, 5.41) is 0. The van der Waals surface area contributed by atoms with Crippen LogP contribution in [0.3, 0.4) is 0 Å². The van der Waals surface area contributed by atoms with Gasteiger partial charge in [-0.3, -0.25) is 0 Å². The van der Waals surface area contributed by atoms with Gasteiger partial charge in [0.1, 0.15) is 0 Å². The van der Waals surface area contributed by atoms with Gasteiger partial charge in [0, 0.05) is 0 Å². The molecular formula is C18H17NO3S. The van der Waals surface area contributed by atoms with Crippen molar-refractivity contribution in [2.75, 3.05) is 0 Å². The predicted molar refractivity (Wildman–Crippen MR) is 87.1 cm³/mol. The first kappa shape index (κ1) is 14.6. The maximum absolute atomic E-state index is 13.2. The summed E-state index contributed by atoms with van der Waals surface area (Å²) in [6.07, 6.45) is 3.98. The van der Waals surface area contributed by atoms with E-state index in [1.54, 1.807) is 24.3 Å². The Morgan fingerprint density at radius 2 is 1.61 bits per heavy atom. The van der Waals surface area contributed by atoms with E-state index in [1.165, 1.54) is 4.31 Å². The standard InChI is InChI=1S/C18H17NO3S/c20-23(21,15-10-5-2-6-11-15)19-16-12-7-13-17(16)22-18(19)14-8-3-1-4-9-14/h1-12,16-18H,13H2/t16-,17+,18?/m1/s1. The molecule has 0 radical (unpaired) electrons. The molecule has 2 aromatic rings. The molecule has 3 atom stereocenters. The zero-order chi connectivity index (χ0) is 15.9. The van der Waals surface area contributed by atoms with Crippen LogP contribution in [0.1, 0.15) is 18.2 Å². The van der Waals surface area contributed by atoms with E-state index in [4.69, 9.17) is 4.74 Å². The van der Waals surface area contributed by atoms with E-state index in [9.17, 15) is 8.42 Å². The Bertz CT molecular complexity index is 818. The van der Waals surface area contributed by atoms with E-state index in [0.717, 1.165) is 12.0 Å². The molecule has 0 spiro atoms. The van der Waals surface area contributed by atoms with Crippen LogP contribution in [0.15, 0.2) is 77.7 Å². The van der Waals surface area contributed by atoms with Crippen LogP contribution in [0, 0.1) is 0 Å². The molecule has 0 saturated carbocycles. The summed E-state index contributed by atoms with van der Waals surface area (Å²) in [6.45, 7) is 0. The topological polar surface area (TPSA) is 46.6 Å². The minimum absolute atomic E-state index is 0.112. The van der Waals surface area contributed by atoms with E-state index >= 15 is 0 Å². The molecule has 23 heavy (non-hydrogen) atoms. The van der Waals surface area contributed by atoms with Gasteiger partial charge in [-0.15, -0.1) is 0 Å². The van der Waals surface area contributed by atoms with Crippen molar-refractivity contribution in [2.24, 2.45) is 0 Å². The normalized spacial score (nSPS) is 27.2. The molecule has 1 saturated heterocycles. The van der Waals surface area contributed by atoms with Gasteiger partial charge in [0.2, 0.25) is 10.0 Å². The number of ether oxygens (including phenoxy) is 1. The summed E-state index contributed by atoms with van der Waals surface area (Å²) in [5.74, 6) is 0. The molecule has 1 aliphatic heterocycles. The Hall–Kier alpha value is -1.95. The van der Waals surface area contributed by atoms with Crippen LogP contribution >= 0.6 is 0 Å². The largest absolute Gasteiger partial charge is 0.352 e. The number of fused-ring (bicyclic) bond motifs is 1. The average molecular weight is 327 g/mol. The average Bonchev–Trinajstić information content (AvgIpc) is 3.17. The number of hydrogen-bond acceptors (Lipinski definition) is 3. The van der Waals surface area contributed by atoms with Crippen molar-refractivity contribution in [1.29, 1.82) is 0 Å². The summed E-state index contributed by atoms with van der Waals surface area (Å²) in [6, 6.07) is 17.8. The van der Waals surface area contributed by atoms with Crippen LogP contribution in [0.5, 0.6) is 0 Å². The van der Waals surface area contributed by atoms with E-state index in [1.807, 2.05) is 48.6 Å². The highest BCUT2D eigenvalue weighted by atomic mass is 32.2. The van der Waals surface area contributed by atoms with Gasteiger partial charge in [0.15, 0.2) is 6.23 Å². The zero-order valence-corrected chi connectivity index (χ0v) is 13.3. The molecule has 1 heterocycles. The third kappa shape index (κ3) is 2.41. The molecule has 1 fully saturated rings. The van der Waals surface area contributed by atoms with Crippen LogP contribution in [-0.2, 0) is 14.8 Å². The lowest BCUT2D eigenvalue weighted by atomic mass is 10.2. The smallest absolute Gasteiger partial charge is 0.246 e. The van der Waals surface area contributed by atoms with Crippen LogP contribution < -0.4 is 0 Å². The summed E-state index contributed by atoms with van der Waals surface area (Å²) in [4.78, 5) is 0.297. The highest BCUT2D eigenvalue weighted by Gasteiger charge is 2.49. The van der Waals surface area contributed by atoms with Gasteiger partial charge in [-0.25, -0.2) is 8.42 Å². The first-order valence-corrected chi connectivity index (χ1v) is 9.07. The van der Waals surface area contributed by atoms with E-state index < -0.39 is 16.3 Å². The second-order valence-electron chi connectivity index (χ2n) is 5.74. The minimum Gasteiger partial charge on any atom is -0.352 e. The van der Waals surface area contributed by atoms with E-state index in [-0.39, 0.29) is 12.1 Å². The van der Waals surface area contributed by atoms with Crippen LogP contribution in [-0.4, -0.2) is 24.9 Å². The van der Waals surface area contributed by atoms with E-state index in [2.05, 4.69) is 0 Å². The molecule has 0 aromatic heterocycles. The molecule has 2 aliphatic rings. The van der Waals surface area contributed by atoms with Crippen LogP contribution in [0.2, 0.25) is 0 Å². The number of hydrogen-bond donors (Lipinski definition) is 0. The van der Waals surface area contributed by atoms with Gasteiger partial charge in [0.05, 0.1) is 17.0 Å². The molecule has 1 unspecified atom stereocenters. The molecule has 5 heteroatoms. The fourth-order valence-electron chi connectivity index (χ4n) is 3.23. The fourth-order valence-corrected chi connectivity index (χ4v) is 4.92. The summed E-state index contributed by atoms with van der Waals surface area (Å²) in [7, 11) is -3.63. The van der Waals surface area contributed by atoms with Crippen LogP contribution in [0.4, 0.5) is 0 Å². The molecule has 0 bridgehead atoms. The fraction of sp³-hybridized carbons (Fsp3) is 0.222. The first-order chi connectivity index (χ1) is 11.2. The van der Waals surface area contributed by atoms with Crippen molar-refractivity contribution in [1.82, 2.24) is 4.31 Å². The van der Waals surface area contributed by atoms with Gasteiger partial charge >= 0.3 is 0 Å². The Balaban J connectivity index is 1.81. The third-order valence-electron chi connectivity index (χ3n) is 4.31. The van der Waals surface area contributed by atoms with Crippen molar-refractivity contribution in [3.63, 3.8) is 0 Å². The zero-order valence-electron chi connectivity index (χ0n) is 12.4. The van der Waals surface area contributed by atoms with Crippen molar-refractivity contribution in [3.05, 3.63) is 78.4 Å². The Morgan fingerprint density at radius 3 is 2.30 bits per heavy atom. The summed E-state index contributed by atoms with van der Waals surface area (Å²) in [5.41, 5.74) is 0.856. The third-order valence-corrected chi connectivity index (χ3v) is 6.17. The van der Waals surface area contributed by atoms with Gasteiger partial charge < -0.3 is 4.74 Å². The highest BCUT2D eigenvalue weighted by molar-refractivity contribution is 7.89. The highest BCUT2D eigenvalue weighted by Crippen LogP contribution is 2.42. The minimum atomic E-state index is -3.63. The summed E-state index contributed by atoms with van der Waals surface area (Å²) < 4.78 is 33.9. The van der Waals surface area contributed by atoms with Crippen molar-refractivity contribution < 1.29 is 13.2 Å². The summed E-state index contributed by atoms with van der Waals surface area (Å²) >= 11 is 0. The number of benzene rings is 2. The molecule has 118 valence electrons.